The van der Waals surface area contributed by atoms with E-state index in [9.17, 15) is 14.7 Å². The van der Waals surface area contributed by atoms with Crippen molar-refractivity contribution in [2.75, 3.05) is 18.5 Å². The second-order valence-electron chi connectivity index (χ2n) is 12.3. The number of ether oxygens (including phenoxy) is 1. The minimum Gasteiger partial charge on any atom is -0.481 e. The largest absolute Gasteiger partial charge is 0.481 e. The number of hydrogen-bond acceptors (Lipinski definition) is 8. The predicted molar refractivity (Wildman–Crippen MR) is 171 cm³/mol. The highest BCUT2D eigenvalue weighted by atomic mass is 35.5. The number of carboxylic acids is 1. The third kappa shape index (κ3) is 7.57. The molecule has 10 nitrogen and oxygen atoms in total. The highest BCUT2D eigenvalue weighted by molar-refractivity contribution is 6.34. The molecule has 1 aliphatic carbocycles. The van der Waals surface area contributed by atoms with E-state index in [0.29, 0.717) is 48.2 Å². The number of piperidine rings is 1. The second-order valence-corrected chi connectivity index (χ2v) is 13.2. The van der Waals surface area contributed by atoms with E-state index in [1.807, 2.05) is 47.7 Å². The van der Waals surface area contributed by atoms with Gasteiger partial charge >= 0.3 is 12.1 Å². The van der Waals surface area contributed by atoms with E-state index in [2.05, 4.69) is 23.8 Å². The van der Waals surface area contributed by atoms with Crippen molar-refractivity contribution >= 4 is 47.4 Å². The van der Waals surface area contributed by atoms with Crippen LogP contribution >= 0.6 is 23.2 Å². The van der Waals surface area contributed by atoms with Gasteiger partial charge in [-0.15, -0.1) is 0 Å². The van der Waals surface area contributed by atoms with Gasteiger partial charge in [0.05, 0.1) is 5.92 Å². The standard InChI is InChI=1S/C32H42Cl2N6O4/c1-4-26-13-28(14-27(5-2)40(26)32(43)44-29-8-6-21(7-9-29)30(41)42)39(18-20-10-24(33)12-25(34)11-20)31-35-15-22(16-36-31)23-17-37-38(3)19-23/h10-12,15-17,21,23,26-29H,4-9,13-14,18-19H2,1-3H3,(H,41,42)/t21?,23?,26-,27+,28?,29?. The van der Waals surface area contributed by atoms with Gasteiger partial charge in [-0.05, 0) is 80.7 Å². The van der Waals surface area contributed by atoms with Crippen molar-refractivity contribution in [3.8, 4) is 0 Å². The summed E-state index contributed by atoms with van der Waals surface area (Å²) in [5.41, 5.74) is 1.97. The van der Waals surface area contributed by atoms with Crippen LogP contribution in [0.4, 0.5) is 10.7 Å². The molecule has 238 valence electrons. The number of amides is 1. The highest BCUT2D eigenvalue weighted by Crippen LogP contribution is 2.35. The van der Waals surface area contributed by atoms with Gasteiger partial charge in [-0.25, -0.2) is 14.8 Å². The Balaban J connectivity index is 1.36. The lowest BCUT2D eigenvalue weighted by Gasteiger charge is -2.47. The molecular weight excluding hydrogens is 603 g/mol. The molecule has 3 heterocycles. The van der Waals surface area contributed by atoms with Crippen molar-refractivity contribution < 1.29 is 19.4 Å². The molecule has 1 saturated heterocycles. The lowest BCUT2D eigenvalue weighted by atomic mass is 9.87. The summed E-state index contributed by atoms with van der Waals surface area (Å²) < 4.78 is 6.01. The number of carbonyl (C=O) groups is 2. The van der Waals surface area contributed by atoms with Gasteiger partial charge in [0, 0.05) is 72.8 Å². The first kappa shape index (κ1) is 32.3. The number of hydrogen-bond donors (Lipinski definition) is 1. The number of benzene rings is 1. The van der Waals surface area contributed by atoms with Crippen molar-refractivity contribution in [2.24, 2.45) is 11.0 Å². The average molecular weight is 646 g/mol. The topological polar surface area (TPSA) is 111 Å². The lowest BCUT2D eigenvalue weighted by Crippen LogP contribution is -2.57. The Hall–Kier alpha value is -3.11. The van der Waals surface area contributed by atoms with Gasteiger partial charge in [0.15, 0.2) is 0 Å². The minimum absolute atomic E-state index is 0.0310. The molecule has 2 aliphatic heterocycles. The van der Waals surface area contributed by atoms with Crippen LogP contribution in [0, 0.1) is 5.92 Å². The summed E-state index contributed by atoms with van der Waals surface area (Å²) in [4.78, 5) is 38.8. The molecule has 1 N–H and O–H groups in total. The van der Waals surface area contributed by atoms with Gasteiger partial charge < -0.3 is 19.6 Å². The van der Waals surface area contributed by atoms with Gasteiger partial charge in [-0.1, -0.05) is 37.0 Å². The lowest BCUT2D eigenvalue weighted by molar-refractivity contribution is -0.143. The van der Waals surface area contributed by atoms with Gasteiger partial charge in [-0.2, -0.15) is 5.10 Å². The van der Waals surface area contributed by atoms with Crippen LogP contribution in [0.5, 0.6) is 0 Å². The van der Waals surface area contributed by atoms with E-state index in [1.54, 1.807) is 6.07 Å². The van der Waals surface area contributed by atoms with E-state index < -0.39 is 5.97 Å². The Morgan fingerprint density at radius 3 is 2.14 bits per heavy atom. The number of anilines is 1. The van der Waals surface area contributed by atoms with Crippen molar-refractivity contribution in [1.29, 1.82) is 0 Å². The molecular formula is C32H42Cl2N6O4. The number of carboxylic acid groups (broad SMARTS) is 1. The predicted octanol–water partition coefficient (Wildman–Crippen LogP) is 6.61. The highest BCUT2D eigenvalue weighted by Gasteiger charge is 2.41. The Labute approximate surface area is 269 Å². The van der Waals surface area contributed by atoms with E-state index in [1.165, 1.54) is 0 Å². The molecule has 5 rings (SSSR count). The van der Waals surface area contributed by atoms with Crippen LogP contribution in [-0.4, -0.2) is 81.1 Å². The fourth-order valence-electron chi connectivity index (χ4n) is 6.86. The number of aromatic nitrogens is 2. The Morgan fingerprint density at radius 2 is 1.61 bits per heavy atom. The Bertz CT molecular complexity index is 1300. The fourth-order valence-corrected chi connectivity index (χ4v) is 7.43. The van der Waals surface area contributed by atoms with E-state index in [4.69, 9.17) is 37.9 Å². The van der Waals surface area contributed by atoms with Crippen LogP contribution in [0.1, 0.15) is 82.3 Å². The Kier molecular flexibility index (Phi) is 10.5. The first-order valence-corrected chi connectivity index (χ1v) is 16.4. The number of aliphatic carboxylic acids is 1. The molecule has 1 aromatic carbocycles. The molecule has 12 heteroatoms. The summed E-state index contributed by atoms with van der Waals surface area (Å²) >= 11 is 12.8. The average Bonchev–Trinajstić information content (AvgIpc) is 3.45. The maximum absolute atomic E-state index is 13.6. The molecule has 1 amide bonds. The van der Waals surface area contributed by atoms with Crippen molar-refractivity contribution in [2.45, 2.75) is 102 Å². The zero-order valence-corrected chi connectivity index (χ0v) is 27.1. The number of hydrazone groups is 1. The molecule has 44 heavy (non-hydrogen) atoms. The van der Waals surface area contributed by atoms with Crippen molar-refractivity contribution in [3.63, 3.8) is 0 Å². The van der Waals surface area contributed by atoms with Crippen LogP contribution < -0.4 is 4.90 Å². The molecule has 1 saturated carbocycles. The Morgan fingerprint density at radius 1 is 1.00 bits per heavy atom. The van der Waals surface area contributed by atoms with Crippen LogP contribution in [0.25, 0.3) is 0 Å². The van der Waals surface area contributed by atoms with Crippen LogP contribution in [0.2, 0.25) is 10.0 Å². The molecule has 2 aromatic rings. The maximum Gasteiger partial charge on any atom is 0.410 e. The molecule has 0 radical (unpaired) electrons. The molecule has 2 unspecified atom stereocenters. The minimum atomic E-state index is -0.767. The van der Waals surface area contributed by atoms with Crippen molar-refractivity contribution in [1.82, 2.24) is 19.9 Å². The van der Waals surface area contributed by atoms with Crippen LogP contribution in [0.3, 0.4) is 0 Å². The molecule has 1 aromatic heterocycles. The number of halogens is 2. The fraction of sp³-hybridized carbons (Fsp3) is 0.594. The van der Waals surface area contributed by atoms with Crippen LogP contribution in [0.15, 0.2) is 35.7 Å². The number of nitrogens with zero attached hydrogens (tertiary/aromatic N) is 6. The number of likely N-dealkylation sites (N-methyl/N-ethyl adjacent to an activating group) is 1. The molecule has 4 atom stereocenters. The van der Waals surface area contributed by atoms with Gasteiger partial charge in [0.25, 0.3) is 0 Å². The third-order valence-corrected chi connectivity index (χ3v) is 9.72. The molecule has 0 bridgehead atoms. The van der Waals surface area contributed by atoms with Crippen molar-refractivity contribution in [3.05, 3.63) is 51.8 Å². The number of carbonyl (C=O) groups excluding carboxylic acids is 1. The van der Waals surface area contributed by atoms with Gasteiger partial charge in [-0.3, -0.25) is 9.80 Å². The normalized spacial score (nSPS) is 26.9. The molecule has 0 spiro atoms. The quantitative estimate of drug-likeness (QED) is 0.325. The zero-order valence-electron chi connectivity index (χ0n) is 25.6. The van der Waals surface area contributed by atoms with Gasteiger partial charge in [0.1, 0.15) is 6.10 Å². The molecule has 2 fully saturated rings. The zero-order chi connectivity index (χ0) is 31.4. The number of rotatable bonds is 9. The van der Waals surface area contributed by atoms with E-state index >= 15 is 0 Å². The number of likely N-dealkylation sites (tertiary alicyclic amines) is 1. The summed E-state index contributed by atoms with van der Waals surface area (Å²) in [7, 11) is 1.95. The van der Waals surface area contributed by atoms with Crippen LogP contribution in [-0.2, 0) is 16.1 Å². The molecule has 3 aliphatic rings. The summed E-state index contributed by atoms with van der Waals surface area (Å²) in [5.74, 6) is -0.348. The maximum atomic E-state index is 13.6. The summed E-state index contributed by atoms with van der Waals surface area (Å²) in [5, 5.41) is 16.7. The first-order chi connectivity index (χ1) is 21.1. The smallest absolute Gasteiger partial charge is 0.410 e. The summed E-state index contributed by atoms with van der Waals surface area (Å²) in [6.07, 6.45) is 10.4. The summed E-state index contributed by atoms with van der Waals surface area (Å²) in [6.45, 7) is 5.51. The summed E-state index contributed by atoms with van der Waals surface area (Å²) in [6, 6.07) is 5.55. The second kappa shape index (κ2) is 14.3. The SMILES string of the molecule is CC[C@@H]1CC(N(Cc2cc(Cl)cc(Cl)c2)c2ncc(C3C=NN(C)C3)cn2)C[C@H](CC)N1C(=O)OC1CCC(C(=O)O)CC1. The van der Waals surface area contributed by atoms with E-state index in [-0.39, 0.29) is 42.2 Å². The third-order valence-electron chi connectivity index (χ3n) is 9.28. The first-order valence-electron chi connectivity index (χ1n) is 15.7. The van der Waals surface area contributed by atoms with E-state index in [0.717, 1.165) is 43.4 Å². The van der Waals surface area contributed by atoms with Gasteiger partial charge in [0.2, 0.25) is 5.95 Å². The monoisotopic (exact) mass is 644 g/mol.